The molecule has 0 saturated carbocycles. The Labute approximate surface area is 186 Å². The van der Waals surface area contributed by atoms with E-state index < -0.39 is 9.84 Å². The monoisotopic (exact) mass is 449 g/mol. The molecule has 9 heteroatoms. The second kappa shape index (κ2) is 8.25. The highest BCUT2D eigenvalue weighted by Gasteiger charge is 2.14. The molecular formula is C23H23N5O3S. The Hall–Kier alpha value is -3.43. The van der Waals surface area contributed by atoms with E-state index in [1.54, 1.807) is 22.7 Å². The summed E-state index contributed by atoms with van der Waals surface area (Å²) in [5.41, 5.74) is 4.27. The van der Waals surface area contributed by atoms with E-state index in [4.69, 9.17) is 4.74 Å². The van der Waals surface area contributed by atoms with Crippen LogP contribution in [-0.4, -0.2) is 55.6 Å². The second-order valence-electron chi connectivity index (χ2n) is 7.70. The molecule has 3 heterocycles. The van der Waals surface area contributed by atoms with Crippen molar-refractivity contribution < 1.29 is 13.2 Å². The number of hydrogen-bond acceptors (Lipinski definition) is 7. The van der Waals surface area contributed by atoms with Crippen LogP contribution >= 0.6 is 0 Å². The molecule has 0 unspecified atom stereocenters. The molecule has 1 saturated heterocycles. The third-order valence-corrected chi connectivity index (χ3v) is 6.55. The Kier molecular flexibility index (Phi) is 5.28. The van der Waals surface area contributed by atoms with Crippen molar-refractivity contribution in [3.8, 4) is 11.1 Å². The van der Waals surface area contributed by atoms with Gasteiger partial charge in [0.05, 0.1) is 18.1 Å². The Morgan fingerprint density at radius 3 is 2.53 bits per heavy atom. The van der Waals surface area contributed by atoms with E-state index in [9.17, 15) is 8.42 Å². The summed E-state index contributed by atoms with van der Waals surface area (Å²) in [6.45, 7) is 3.29. The molecule has 8 nitrogen and oxygen atoms in total. The molecule has 0 atom stereocenters. The fraction of sp³-hybridized carbons (Fsp3) is 0.217. The highest BCUT2D eigenvalue weighted by atomic mass is 32.2. The molecule has 32 heavy (non-hydrogen) atoms. The topological polar surface area (TPSA) is 88.8 Å². The summed E-state index contributed by atoms with van der Waals surface area (Å²) < 4.78 is 31.0. The third-order valence-electron chi connectivity index (χ3n) is 5.44. The third kappa shape index (κ3) is 4.17. The van der Waals surface area contributed by atoms with Crippen LogP contribution in [0, 0.1) is 0 Å². The lowest BCUT2D eigenvalue weighted by molar-refractivity contribution is 0.122. The number of ether oxygens (including phenoxy) is 1. The van der Waals surface area contributed by atoms with Gasteiger partial charge < -0.3 is 15.0 Å². The van der Waals surface area contributed by atoms with E-state index in [2.05, 4.69) is 32.4 Å². The van der Waals surface area contributed by atoms with Crippen molar-refractivity contribution in [1.29, 1.82) is 0 Å². The second-order valence-corrected chi connectivity index (χ2v) is 9.71. The SMILES string of the molecule is CS(=O)(=O)c1cccc(-c2cccn3nc(Nc4ccc(N5CCOCC5)cc4)nc23)c1. The maximum Gasteiger partial charge on any atom is 0.247 e. The number of benzene rings is 2. The predicted molar refractivity (Wildman–Crippen MR) is 124 cm³/mol. The van der Waals surface area contributed by atoms with Gasteiger partial charge in [-0.3, -0.25) is 0 Å². The first-order valence-corrected chi connectivity index (χ1v) is 12.2. The standard InChI is InChI=1S/C23H23N5O3S/c1-32(29,30)20-5-2-4-17(16-20)21-6-3-11-28-22(21)25-23(26-28)24-18-7-9-19(10-8-18)27-12-14-31-15-13-27/h2-11,16H,12-15H2,1H3,(H,24,26). The number of fused-ring (bicyclic) bond motifs is 1. The molecule has 1 aliphatic heterocycles. The van der Waals surface area contributed by atoms with Crippen molar-refractivity contribution in [1.82, 2.24) is 14.6 Å². The fourth-order valence-electron chi connectivity index (χ4n) is 3.78. The average Bonchev–Trinajstić information content (AvgIpc) is 3.22. The minimum absolute atomic E-state index is 0.273. The molecule has 4 aromatic rings. The quantitative estimate of drug-likeness (QED) is 0.500. The van der Waals surface area contributed by atoms with E-state index in [0.717, 1.165) is 48.8 Å². The molecule has 0 bridgehead atoms. The number of morpholine rings is 1. The first-order chi connectivity index (χ1) is 15.5. The fourth-order valence-corrected chi connectivity index (χ4v) is 4.45. The molecule has 0 radical (unpaired) electrons. The predicted octanol–water partition coefficient (Wildman–Crippen LogP) is 3.38. The van der Waals surface area contributed by atoms with Crippen LogP contribution in [-0.2, 0) is 14.6 Å². The van der Waals surface area contributed by atoms with E-state index in [1.807, 2.05) is 36.5 Å². The summed E-state index contributed by atoms with van der Waals surface area (Å²) in [5.74, 6) is 0.468. The largest absolute Gasteiger partial charge is 0.378 e. The number of anilines is 3. The summed E-state index contributed by atoms with van der Waals surface area (Å²) in [6.07, 6.45) is 3.02. The van der Waals surface area contributed by atoms with E-state index in [-0.39, 0.29) is 4.90 Å². The smallest absolute Gasteiger partial charge is 0.247 e. The zero-order valence-corrected chi connectivity index (χ0v) is 18.4. The van der Waals surface area contributed by atoms with Gasteiger partial charge >= 0.3 is 0 Å². The van der Waals surface area contributed by atoms with Crippen molar-refractivity contribution in [3.05, 3.63) is 66.9 Å². The summed E-state index contributed by atoms with van der Waals surface area (Å²) in [6, 6.07) is 18.8. The van der Waals surface area contributed by atoms with Crippen LogP contribution < -0.4 is 10.2 Å². The minimum Gasteiger partial charge on any atom is -0.378 e. The van der Waals surface area contributed by atoms with Gasteiger partial charge in [-0.15, -0.1) is 5.10 Å². The zero-order valence-electron chi connectivity index (χ0n) is 17.6. The number of nitrogens with zero attached hydrogens (tertiary/aromatic N) is 4. The van der Waals surface area contributed by atoms with Crippen LogP contribution in [0.3, 0.4) is 0 Å². The molecule has 5 rings (SSSR count). The van der Waals surface area contributed by atoms with Gasteiger partial charge in [-0.2, -0.15) is 4.98 Å². The average molecular weight is 450 g/mol. The maximum atomic E-state index is 12.0. The first kappa shape index (κ1) is 20.5. The Morgan fingerprint density at radius 2 is 1.78 bits per heavy atom. The van der Waals surface area contributed by atoms with Gasteiger partial charge in [0.15, 0.2) is 15.5 Å². The highest BCUT2D eigenvalue weighted by Crippen LogP contribution is 2.27. The van der Waals surface area contributed by atoms with Gasteiger partial charge in [0.1, 0.15) is 0 Å². The number of rotatable bonds is 5. The van der Waals surface area contributed by atoms with Crippen LogP contribution in [0.4, 0.5) is 17.3 Å². The van der Waals surface area contributed by atoms with Gasteiger partial charge in [-0.1, -0.05) is 12.1 Å². The van der Waals surface area contributed by atoms with Crippen molar-refractivity contribution in [2.75, 3.05) is 42.8 Å². The normalized spacial score (nSPS) is 14.6. The van der Waals surface area contributed by atoms with Crippen molar-refractivity contribution in [2.24, 2.45) is 0 Å². The lowest BCUT2D eigenvalue weighted by atomic mass is 10.1. The maximum absolute atomic E-state index is 12.0. The molecule has 0 spiro atoms. The molecule has 0 amide bonds. The summed E-state index contributed by atoms with van der Waals surface area (Å²) in [7, 11) is -3.30. The Balaban J connectivity index is 1.42. The van der Waals surface area contributed by atoms with Crippen LogP contribution in [0.15, 0.2) is 71.8 Å². The van der Waals surface area contributed by atoms with Crippen LogP contribution in [0.1, 0.15) is 0 Å². The minimum atomic E-state index is -3.30. The van der Waals surface area contributed by atoms with Crippen molar-refractivity contribution in [3.63, 3.8) is 0 Å². The molecule has 0 aliphatic carbocycles. The summed E-state index contributed by atoms with van der Waals surface area (Å²) in [4.78, 5) is 7.23. The van der Waals surface area contributed by atoms with Crippen LogP contribution in [0.25, 0.3) is 16.8 Å². The van der Waals surface area contributed by atoms with E-state index in [0.29, 0.717) is 11.6 Å². The molecule has 1 aliphatic rings. The molecule has 164 valence electrons. The molecule has 2 aromatic heterocycles. The number of aromatic nitrogens is 3. The number of sulfone groups is 1. The molecular weight excluding hydrogens is 426 g/mol. The summed E-state index contributed by atoms with van der Waals surface area (Å²) >= 11 is 0. The van der Waals surface area contributed by atoms with Gasteiger partial charge in [0.2, 0.25) is 5.95 Å². The lowest BCUT2D eigenvalue weighted by Gasteiger charge is -2.28. The zero-order chi connectivity index (χ0) is 22.1. The van der Waals surface area contributed by atoms with Crippen molar-refractivity contribution >= 4 is 32.8 Å². The van der Waals surface area contributed by atoms with Gasteiger partial charge in [0.25, 0.3) is 0 Å². The lowest BCUT2D eigenvalue weighted by Crippen LogP contribution is -2.36. The molecule has 1 N–H and O–H groups in total. The van der Waals surface area contributed by atoms with E-state index >= 15 is 0 Å². The Bertz CT molecular complexity index is 1360. The number of pyridine rings is 1. The highest BCUT2D eigenvalue weighted by molar-refractivity contribution is 7.90. The van der Waals surface area contributed by atoms with Crippen LogP contribution in [0.5, 0.6) is 0 Å². The first-order valence-electron chi connectivity index (χ1n) is 10.3. The van der Waals surface area contributed by atoms with Crippen molar-refractivity contribution in [2.45, 2.75) is 4.90 Å². The Morgan fingerprint density at radius 1 is 1.00 bits per heavy atom. The summed E-state index contributed by atoms with van der Waals surface area (Å²) in [5, 5.41) is 7.78. The van der Waals surface area contributed by atoms with Gasteiger partial charge in [-0.25, -0.2) is 12.9 Å². The van der Waals surface area contributed by atoms with Gasteiger partial charge in [0, 0.05) is 42.5 Å². The van der Waals surface area contributed by atoms with Crippen LogP contribution in [0.2, 0.25) is 0 Å². The van der Waals surface area contributed by atoms with E-state index in [1.165, 1.54) is 6.26 Å². The molecule has 2 aromatic carbocycles. The number of hydrogen-bond donors (Lipinski definition) is 1. The number of nitrogens with one attached hydrogen (secondary N) is 1. The molecule has 1 fully saturated rings. The van der Waals surface area contributed by atoms with Gasteiger partial charge in [-0.05, 0) is 54.1 Å².